The third-order valence-electron chi connectivity index (χ3n) is 3.79. The maximum atomic E-state index is 14.3. The molecule has 0 N–H and O–H groups in total. The zero-order valence-electron chi connectivity index (χ0n) is 11.4. The van der Waals surface area contributed by atoms with Crippen LogP contribution in [-0.4, -0.2) is 47.4 Å². The SMILES string of the molecule is Fc1c(Cl)nc2c3c(nc(Cl)nc13)N1CCCOCC1CO2. The molecule has 2 aromatic rings. The van der Waals surface area contributed by atoms with Gasteiger partial charge in [-0.05, 0) is 18.0 Å². The van der Waals surface area contributed by atoms with Crippen molar-refractivity contribution >= 4 is 39.9 Å². The molecule has 4 rings (SSSR count). The van der Waals surface area contributed by atoms with Gasteiger partial charge < -0.3 is 14.4 Å². The second kappa shape index (κ2) is 5.33. The quantitative estimate of drug-likeness (QED) is 0.540. The summed E-state index contributed by atoms with van der Waals surface area (Å²) in [4.78, 5) is 14.2. The van der Waals surface area contributed by atoms with Gasteiger partial charge in [0.05, 0.1) is 12.6 Å². The van der Waals surface area contributed by atoms with Gasteiger partial charge in [-0.1, -0.05) is 11.6 Å². The van der Waals surface area contributed by atoms with Crippen molar-refractivity contribution in [3.63, 3.8) is 0 Å². The fraction of sp³-hybridized carbons (Fsp3) is 0.462. The first-order valence-corrected chi connectivity index (χ1v) is 7.60. The van der Waals surface area contributed by atoms with Gasteiger partial charge in [0.1, 0.15) is 23.3 Å². The minimum atomic E-state index is -0.723. The summed E-state index contributed by atoms with van der Waals surface area (Å²) in [5, 5.41) is 0.0627. The summed E-state index contributed by atoms with van der Waals surface area (Å²) in [6.07, 6.45) is 0.832. The van der Waals surface area contributed by atoms with E-state index < -0.39 is 5.82 Å². The monoisotopic (exact) mass is 344 g/mol. The lowest BCUT2D eigenvalue weighted by molar-refractivity contribution is 0.119. The molecule has 2 aliphatic heterocycles. The summed E-state index contributed by atoms with van der Waals surface area (Å²) in [5.74, 6) is 0.0151. The van der Waals surface area contributed by atoms with Gasteiger partial charge in [-0.3, -0.25) is 0 Å². The van der Waals surface area contributed by atoms with Crippen molar-refractivity contribution in [3.8, 4) is 5.88 Å². The largest absolute Gasteiger partial charge is 0.475 e. The highest BCUT2D eigenvalue weighted by Crippen LogP contribution is 2.38. The molecule has 6 nitrogen and oxygen atoms in total. The Hall–Kier alpha value is -1.44. The Morgan fingerprint density at radius 3 is 2.91 bits per heavy atom. The highest BCUT2D eigenvalue weighted by atomic mass is 35.5. The first kappa shape index (κ1) is 14.2. The van der Waals surface area contributed by atoms with Crippen molar-refractivity contribution in [2.45, 2.75) is 12.5 Å². The van der Waals surface area contributed by atoms with Gasteiger partial charge in [0.2, 0.25) is 11.2 Å². The third kappa shape index (κ3) is 2.15. The van der Waals surface area contributed by atoms with Gasteiger partial charge in [0.25, 0.3) is 0 Å². The lowest BCUT2D eigenvalue weighted by Crippen LogP contribution is -2.41. The Balaban J connectivity index is 2.02. The molecule has 1 unspecified atom stereocenters. The van der Waals surface area contributed by atoms with Crippen LogP contribution in [0.5, 0.6) is 5.88 Å². The topological polar surface area (TPSA) is 60.4 Å². The van der Waals surface area contributed by atoms with Crippen LogP contribution in [-0.2, 0) is 4.74 Å². The predicted molar refractivity (Wildman–Crippen MR) is 79.4 cm³/mol. The van der Waals surface area contributed by atoms with Crippen molar-refractivity contribution in [2.75, 3.05) is 31.3 Å². The number of fused-ring (bicyclic) bond motifs is 2. The predicted octanol–water partition coefficient (Wildman–Crippen LogP) is 2.46. The van der Waals surface area contributed by atoms with Gasteiger partial charge in [-0.25, -0.2) is 9.37 Å². The minimum Gasteiger partial charge on any atom is -0.475 e. The molecular weight excluding hydrogens is 334 g/mol. The molecule has 1 atom stereocenters. The summed E-state index contributed by atoms with van der Waals surface area (Å²) >= 11 is 11.8. The molecule has 2 aromatic heterocycles. The molecule has 1 fully saturated rings. The molecule has 0 amide bonds. The lowest BCUT2D eigenvalue weighted by Gasteiger charge is -2.28. The number of hydrogen-bond donors (Lipinski definition) is 0. The second-order valence-electron chi connectivity index (χ2n) is 5.15. The Kier molecular flexibility index (Phi) is 3.43. The molecule has 0 radical (unpaired) electrons. The normalized spacial score (nSPS) is 21.0. The van der Waals surface area contributed by atoms with E-state index in [4.69, 9.17) is 32.7 Å². The van der Waals surface area contributed by atoms with Crippen LogP contribution < -0.4 is 9.64 Å². The van der Waals surface area contributed by atoms with E-state index in [0.29, 0.717) is 37.6 Å². The van der Waals surface area contributed by atoms with Crippen molar-refractivity contribution in [2.24, 2.45) is 0 Å². The summed E-state index contributed by atoms with van der Waals surface area (Å²) in [6.45, 7) is 2.21. The van der Waals surface area contributed by atoms with E-state index in [-0.39, 0.29) is 27.9 Å². The van der Waals surface area contributed by atoms with Crippen LogP contribution in [0.3, 0.4) is 0 Å². The lowest BCUT2D eigenvalue weighted by atomic mass is 10.2. The molecule has 1 saturated heterocycles. The molecule has 0 aromatic carbocycles. The Morgan fingerprint density at radius 1 is 1.18 bits per heavy atom. The molecule has 22 heavy (non-hydrogen) atoms. The Morgan fingerprint density at radius 2 is 2.05 bits per heavy atom. The maximum absolute atomic E-state index is 14.3. The first-order chi connectivity index (χ1) is 10.6. The van der Waals surface area contributed by atoms with E-state index >= 15 is 0 Å². The van der Waals surface area contributed by atoms with Crippen LogP contribution in [0.25, 0.3) is 10.9 Å². The highest BCUT2D eigenvalue weighted by molar-refractivity contribution is 6.31. The number of ether oxygens (including phenoxy) is 2. The van der Waals surface area contributed by atoms with E-state index in [1.54, 1.807) is 0 Å². The van der Waals surface area contributed by atoms with Gasteiger partial charge >= 0.3 is 0 Å². The Bertz CT molecular complexity index is 761. The molecule has 4 heterocycles. The van der Waals surface area contributed by atoms with Crippen molar-refractivity contribution in [1.82, 2.24) is 15.0 Å². The zero-order chi connectivity index (χ0) is 15.3. The molecule has 0 aliphatic carbocycles. The highest BCUT2D eigenvalue weighted by Gasteiger charge is 2.32. The molecule has 116 valence electrons. The second-order valence-corrected chi connectivity index (χ2v) is 5.84. The van der Waals surface area contributed by atoms with Crippen molar-refractivity contribution in [1.29, 1.82) is 0 Å². The van der Waals surface area contributed by atoms with Crippen LogP contribution in [0.15, 0.2) is 0 Å². The molecule has 9 heteroatoms. The molecule has 0 bridgehead atoms. The Labute approximate surface area is 135 Å². The molecule has 0 saturated carbocycles. The third-order valence-corrected chi connectivity index (χ3v) is 4.21. The maximum Gasteiger partial charge on any atom is 0.228 e. The van der Waals surface area contributed by atoms with Gasteiger partial charge in [-0.2, -0.15) is 9.97 Å². The average molecular weight is 345 g/mol. The van der Waals surface area contributed by atoms with Crippen LogP contribution in [0.2, 0.25) is 10.4 Å². The van der Waals surface area contributed by atoms with Crippen LogP contribution in [0.4, 0.5) is 10.2 Å². The van der Waals surface area contributed by atoms with E-state index in [1.165, 1.54) is 0 Å². The van der Waals surface area contributed by atoms with E-state index in [1.807, 2.05) is 4.90 Å². The van der Waals surface area contributed by atoms with Gasteiger partial charge in [-0.15, -0.1) is 0 Å². The van der Waals surface area contributed by atoms with E-state index in [2.05, 4.69) is 15.0 Å². The standard InChI is InChI=1S/C13H11Cl2FN4O2/c14-10-8(16)9-7-11(19-13(15)17-9)20-2-1-3-21-4-6(20)5-22-12(7)18-10/h6H,1-5H2. The smallest absolute Gasteiger partial charge is 0.228 e. The van der Waals surface area contributed by atoms with Gasteiger partial charge in [0, 0.05) is 13.2 Å². The van der Waals surface area contributed by atoms with Crippen LogP contribution in [0.1, 0.15) is 6.42 Å². The number of pyridine rings is 1. The molecule has 2 aliphatic rings. The van der Waals surface area contributed by atoms with Crippen LogP contribution in [0, 0.1) is 5.82 Å². The number of anilines is 1. The fourth-order valence-corrected chi connectivity index (χ4v) is 3.13. The van der Waals surface area contributed by atoms with Crippen molar-refractivity contribution < 1.29 is 13.9 Å². The summed E-state index contributed by atoms with van der Waals surface area (Å²) in [5.41, 5.74) is 0.0239. The number of nitrogens with zero attached hydrogens (tertiary/aromatic N) is 4. The summed E-state index contributed by atoms with van der Waals surface area (Å²) in [7, 11) is 0. The van der Waals surface area contributed by atoms with Crippen molar-refractivity contribution in [3.05, 3.63) is 16.3 Å². The zero-order valence-corrected chi connectivity index (χ0v) is 12.9. The first-order valence-electron chi connectivity index (χ1n) is 6.84. The van der Waals surface area contributed by atoms with E-state index in [9.17, 15) is 4.39 Å². The summed E-state index contributed by atoms with van der Waals surface area (Å²) in [6, 6.07) is -0.0484. The fourth-order valence-electron chi connectivity index (χ4n) is 2.80. The summed E-state index contributed by atoms with van der Waals surface area (Å²) < 4.78 is 25.6. The minimum absolute atomic E-state index is 0.0239. The van der Waals surface area contributed by atoms with E-state index in [0.717, 1.165) is 6.42 Å². The number of aromatic nitrogens is 3. The number of halogens is 3. The molecule has 0 spiro atoms. The van der Waals surface area contributed by atoms with Gasteiger partial charge in [0.15, 0.2) is 11.0 Å². The average Bonchev–Trinajstić information content (AvgIpc) is 2.80. The van der Waals surface area contributed by atoms with Crippen LogP contribution >= 0.6 is 23.2 Å². The molecular formula is C13H11Cl2FN4O2. The number of rotatable bonds is 0. The number of hydrogen-bond acceptors (Lipinski definition) is 6.